The Labute approximate surface area is 233 Å². The van der Waals surface area contributed by atoms with E-state index in [9.17, 15) is 14.4 Å². The molecule has 39 heavy (non-hydrogen) atoms. The number of anilines is 1. The summed E-state index contributed by atoms with van der Waals surface area (Å²) in [5, 5.41) is 5.92. The van der Waals surface area contributed by atoms with Crippen LogP contribution in [0.15, 0.2) is 42.5 Å². The van der Waals surface area contributed by atoms with Gasteiger partial charge in [0.15, 0.2) is 0 Å². The summed E-state index contributed by atoms with van der Waals surface area (Å²) in [5.41, 5.74) is 3.87. The Morgan fingerprint density at radius 2 is 1.64 bits per heavy atom. The Morgan fingerprint density at radius 1 is 0.974 bits per heavy atom. The quantitative estimate of drug-likeness (QED) is 0.378. The van der Waals surface area contributed by atoms with Crippen molar-refractivity contribution in [1.29, 1.82) is 0 Å². The molecule has 0 aliphatic heterocycles. The Bertz CT molecular complexity index is 1180. The third kappa shape index (κ3) is 8.07. The summed E-state index contributed by atoms with van der Waals surface area (Å²) in [4.78, 5) is 43.0. The van der Waals surface area contributed by atoms with Crippen LogP contribution in [0.2, 0.25) is 0 Å². The minimum absolute atomic E-state index is 0.0955. The zero-order valence-electron chi connectivity index (χ0n) is 24.8. The number of nitrogens with one attached hydrogen (secondary N) is 2. The molecule has 2 aromatic rings. The summed E-state index contributed by atoms with van der Waals surface area (Å²) in [6, 6.07) is 11.8. The van der Waals surface area contributed by atoms with Crippen molar-refractivity contribution >= 4 is 23.6 Å². The van der Waals surface area contributed by atoms with Gasteiger partial charge in [-0.3, -0.25) is 9.59 Å². The average molecular weight is 536 g/mol. The van der Waals surface area contributed by atoms with E-state index in [-0.39, 0.29) is 23.8 Å². The van der Waals surface area contributed by atoms with Gasteiger partial charge in [-0.1, -0.05) is 50.2 Å². The zero-order chi connectivity index (χ0) is 28.9. The third-order valence-corrected chi connectivity index (χ3v) is 7.19. The number of hydrogen-bond donors (Lipinski definition) is 2. The summed E-state index contributed by atoms with van der Waals surface area (Å²) < 4.78 is 5.49. The number of nitrogens with zero attached hydrogens (tertiary/aromatic N) is 1. The maximum absolute atomic E-state index is 14.4. The Hall–Kier alpha value is -3.35. The van der Waals surface area contributed by atoms with Crippen molar-refractivity contribution in [3.8, 4) is 0 Å². The van der Waals surface area contributed by atoms with E-state index in [0.717, 1.165) is 41.5 Å². The van der Waals surface area contributed by atoms with Crippen LogP contribution < -0.4 is 10.6 Å². The monoisotopic (exact) mass is 535 g/mol. The lowest BCUT2D eigenvalue weighted by Gasteiger charge is -2.44. The van der Waals surface area contributed by atoms with E-state index in [1.54, 1.807) is 25.7 Å². The van der Waals surface area contributed by atoms with E-state index in [1.165, 1.54) is 0 Å². The molecule has 2 N–H and O–H groups in total. The smallest absolute Gasteiger partial charge is 0.408 e. The number of ether oxygens (including phenoxy) is 1. The van der Waals surface area contributed by atoms with Gasteiger partial charge in [-0.25, -0.2) is 4.79 Å². The van der Waals surface area contributed by atoms with Gasteiger partial charge in [0.2, 0.25) is 5.91 Å². The highest BCUT2D eigenvalue weighted by Crippen LogP contribution is 2.35. The molecule has 0 aromatic heterocycles. The number of hydrogen-bond acceptors (Lipinski definition) is 4. The Morgan fingerprint density at radius 3 is 2.18 bits per heavy atom. The minimum Gasteiger partial charge on any atom is -0.444 e. The molecule has 2 unspecified atom stereocenters. The molecule has 3 amide bonds. The van der Waals surface area contributed by atoms with E-state index in [4.69, 9.17) is 4.74 Å². The highest BCUT2D eigenvalue weighted by Gasteiger charge is 2.42. The third-order valence-electron chi connectivity index (χ3n) is 7.19. The largest absolute Gasteiger partial charge is 0.444 e. The SMILES string of the molecule is Cc1ccc(C(C(=O)Nc2ccccc2C)N(C(=O)C(CC(C)C)NC(=O)OC(C)(C)C)C2CCC2)cc1C. The molecule has 1 saturated carbocycles. The van der Waals surface area contributed by atoms with Crippen LogP contribution in [0.1, 0.15) is 88.6 Å². The molecule has 212 valence electrons. The van der Waals surface area contributed by atoms with Crippen molar-refractivity contribution in [3.63, 3.8) is 0 Å². The minimum atomic E-state index is -0.850. The first-order valence-electron chi connectivity index (χ1n) is 14.0. The van der Waals surface area contributed by atoms with Crippen LogP contribution in [0.3, 0.4) is 0 Å². The van der Waals surface area contributed by atoms with Crippen LogP contribution in [0.5, 0.6) is 0 Å². The van der Waals surface area contributed by atoms with Crippen LogP contribution in [0, 0.1) is 26.7 Å². The molecule has 0 bridgehead atoms. The average Bonchev–Trinajstić information content (AvgIpc) is 2.78. The molecule has 0 radical (unpaired) electrons. The fourth-order valence-corrected chi connectivity index (χ4v) is 4.79. The number of alkyl carbamates (subject to hydrolysis) is 1. The van der Waals surface area contributed by atoms with Crippen LogP contribution >= 0.6 is 0 Å². The lowest BCUT2D eigenvalue weighted by molar-refractivity contribution is -0.146. The van der Waals surface area contributed by atoms with Gasteiger partial charge in [0.25, 0.3) is 5.91 Å². The Kier molecular flexibility index (Phi) is 9.81. The van der Waals surface area contributed by atoms with E-state index in [2.05, 4.69) is 10.6 Å². The van der Waals surface area contributed by atoms with Crippen molar-refractivity contribution in [2.75, 3.05) is 5.32 Å². The second kappa shape index (κ2) is 12.7. The molecular formula is C32H45N3O4. The number of para-hydroxylation sites is 1. The normalized spacial score (nSPS) is 15.2. The van der Waals surface area contributed by atoms with Gasteiger partial charge in [-0.2, -0.15) is 0 Å². The Balaban J connectivity index is 2.05. The lowest BCUT2D eigenvalue weighted by Crippen LogP contribution is -2.57. The van der Waals surface area contributed by atoms with Crippen LogP contribution in [-0.4, -0.2) is 40.5 Å². The molecule has 7 nitrogen and oxygen atoms in total. The zero-order valence-corrected chi connectivity index (χ0v) is 24.8. The number of benzene rings is 2. The molecule has 1 aliphatic rings. The molecule has 1 aliphatic carbocycles. The van der Waals surface area contributed by atoms with Crippen LogP contribution in [0.25, 0.3) is 0 Å². The predicted octanol–water partition coefficient (Wildman–Crippen LogP) is 6.61. The number of amides is 3. The topological polar surface area (TPSA) is 87.7 Å². The highest BCUT2D eigenvalue weighted by molar-refractivity contribution is 5.99. The molecule has 3 rings (SSSR count). The summed E-state index contributed by atoms with van der Waals surface area (Å²) in [6.45, 7) is 15.4. The standard InChI is InChI=1S/C32H45N3O4/c1-20(2)18-27(34-31(38)39-32(6,7)8)30(37)35(25-13-11-14-25)28(24-17-16-21(3)23(5)19-24)29(36)33-26-15-10-9-12-22(26)4/h9-10,12,15-17,19-20,25,27-28H,11,13-14,18H2,1-8H3,(H,33,36)(H,34,38). The van der Waals surface area contributed by atoms with E-state index in [0.29, 0.717) is 12.1 Å². The number of carbonyl (C=O) groups is 3. The van der Waals surface area contributed by atoms with E-state index < -0.39 is 23.8 Å². The van der Waals surface area contributed by atoms with Gasteiger partial charge in [0, 0.05) is 11.7 Å². The van der Waals surface area contributed by atoms with Crippen LogP contribution in [-0.2, 0) is 14.3 Å². The first-order valence-corrected chi connectivity index (χ1v) is 14.0. The maximum atomic E-state index is 14.4. The number of aryl methyl sites for hydroxylation is 3. The molecule has 0 saturated heterocycles. The number of rotatable bonds is 9. The second-order valence-corrected chi connectivity index (χ2v) is 12.2. The fraction of sp³-hybridized carbons (Fsp3) is 0.531. The van der Waals surface area contributed by atoms with Crippen molar-refractivity contribution in [1.82, 2.24) is 10.2 Å². The van der Waals surface area contributed by atoms with Crippen LogP contribution in [0.4, 0.5) is 10.5 Å². The summed E-state index contributed by atoms with van der Waals surface area (Å²) in [6.07, 6.45) is 2.40. The summed E-state index contributed by atoms with van der Waals surface area (Å²) in [5.74, 6) is -0.395. The molecule has 7 heteroatoms. The van der Waals surface area contributed by atoms with Crippen molar-refractivity contribution < 1.29 is 19.1 Å². The second-order valence-electron chi connectivity index (χ2n) is 12.2. The van der Waals surface area contributed by atoms with Gasteiger partial charge in [-0.05, 0) is 101 Å². The van der Waals surface area contributed by atoms with Gasteiger partial charge in [0.1, 0.15) is 17.7 Å². The predicted molar refractivity (Wildman–Crippen MR) is 156 cm³/mol. The first kappa shape index (κ1) is 30.2. The van der Waals surface area contributed by atoms with Gasteiger partial charge >= 0.3 is 6.09 Å². The lowest BCUT2D eigenvalue weighted by atomic mass is 9.87. The van der Waals surface area contributed by atoms with Gasteiger partial charge in [-0.15, -0.1) is 0 Å². The van der Waals surface area contributed by atoms with Crippen molar-refractivity contribution in [2.45, 2.75) is 105 Å². The van der Waals surface area contributed by atoms with Crippen molar-refractivity contribution in [3.05, 3.63) is 64.7 Å². The first-order chi connectivity index (χ1) is 18.3. The molecule has 2 aromatic carbocycles. The van der Waals surface area contributed by atoms with Gasteiger partial charge < -0.3 is 20.3 Å². The van der Waals surface area contributed by atoms with E-state index >= 15 is 0 Å². The highest BCUT2D eigenvalue weighted by atomic mass is 16.6. The van der Waals surface area contributed by atoms with Crippen molar-refractivity contribution in [2.24, 2.45) is 5.92 Å². The van der Waals surface area contributed by atoms with E-state index in [1.807, 2.05) is 77.1 Å². The molecule has 0 heterocycles. The summed E-state index contributed by atoms with van der Waals surface area (Å²) >= 11 is 0. The number of carbonyl (C=O) groups excluding carboxylic acids is 3. The molecule has 2 atom stereocenters. The van der Waals surface area contributed by atoms with Gasteiger partial charge in [0.05, 0.1) is 0 Å². The molecular weight excluding hydrogens is 490 g/mol. The fourth-order valence-electron chi connectivity index (χ4n) is 4.79. The summed E-state index contributed by atoms with van der Waals surface area (Å²) in [7, 11) is 0. The molecule has 0 spiro atoms. The molecule has 1 fully saturated rings. The maximum Gasteiger partial charge on any atom is 0.408 e.